The van der Waals surface area contributed by atoms with E-state index in [9.17, 15) is 4.57 Å². The van der Waals surface area contributed by atoms with Crippen LogP contribution in [0.25, 0.3) is 0 Å². The maximum atomic E-state index is 9.40. The van der Waals surface area contributed by atoms with Crippen molar-refractivity contribution in [3.8, 4) is 0 Å². The summed E-state index contributed by atoms with van der Waals surface area (Å²) in [6, 6.07) is 0. The summed E-state index contributed by atoms with van der Waals surface area (Å²) >= 11 is 0. The number of aliphatic hydroxyl groups excluding tert-OH is 1. The molecule has 0 aliphatic heterocycles. The number of rotatable bonds is 2. The first kappa shape index (κ1) is 11.2. The first-order valence-corrected chi connectivity index (χ1v) is 2.50. The van der Waals surface area contributed by atoms with Gasteiger partial charge < -0.3 is 10.00 Å². The number of hydrogen-bond acceptors (Lipinski definition) is 3. The van der Waals surface area contributed by atoms with Crippen molar-refractivity contribution < 1.29 is 19.1 Å². The van der Waals surface area contributed by atoms with Gasteiger partial charge in [0.15, 0.2) is 6.79 Å². The van der Waals surface area contributed by atoms with Gasteiger partial charge in [0, 0.05) is 0 Å². The zero-order valence-electron chi connectivity index (χ0n) is 2.92. The van der Waals surface area contributed by atoms with E-state index in [1.54, 1.807) is 0 Å². The fourth-order valence-corrected chi connectivity index (χ4v) is 0.166. The van der Waals surface area contributed by atoms with Crippen LogP contribution in [0.1, 0.15) is 0 Å². The van der Waals surface area contributed by atoms with E-state index in [4.69, 9.17) is 10.00 Å². The van der Waals surface area contributed by atoms with E-state index in [1.807, 2.05) is 0 Å². The van der Waals surface area contributed by atoms with Crippen molar-refractivity contribution in [2.45, 2.75) is 0 Å². The monoisotopic (exact) mass is 154 g/mol. The molecule has 1 unspecified atom stereocenters. The van der Waals surface area contributed by atoms with E-state index in [0.717, 1.165) is 0 Å². The molecule has 4 nitrogen and oxygen atoms in total. The topological polar surface area (TPSA) is 66.8 Å². The van der Waals surface area contributed by atoms with E-state index >= 15 is 0 Å². The summed E-state index contributed by atoms with van der Waals surface area (Å²) < 4.78 is 13.1. The van der Waals surface area contributed by atoms with Crippen LogP contribution in [0.2, 0.25) is 0 Å². The van der Waals surface area contributed by atoms with Crippen LogP contribution in [-0.4, -0.2) is 54.5 Å². The molecule has 0 amide bonds. The molecule has 0 heterocycles. The summed E-state index contributed by atoms with van der Waals surface area (Å²) in [5.74, 6) is 0. The average Bonchev–Trinajstić information content (AvgIpc) is 1.35. The maximum absolute atomic E-state index is 9.40. The molecule has 0 aliphatic rings. The molecule has 0 spiro atoms. The Morgan fingerprint density at radius 1 is 1.71 bits per heavy atom. The molecule has 0 aromatic carbocycles. The van der Waals surface area contributed by atoms with Crippen LogP contribution in [0.3, 0.4) is 0 Å². The van der Waals surface area contributed by atoms with Gasteiger partial charge in [0.1, 0.15) is 0 Å². The molecule has 42 valence electrons. The van der Waals surface area contributed by atoms with E-state index in [0.29, 0.717) is 0 Å². The molecule has 2 N–H and O–H groups in total. The van der Waals surface area contributed by atoms with Crippen LogP contribution >= 0.6 is 8.25 Å². The summed E-state index contributed by atoms with van der Waals surface area (Å²) in [4.78, 5) is 7.72. The Morgan fingerprint density at radius 3 is 2.14 bits per heavy atom. The molecule has 0 saturated carbocycles. The van der Waals surface area contributed by atoms with Gasteiger partial charge in [0.25, 0.3) is 0 Å². The zero-order chi connectivity index (χ0) is 4.99. The van der Waals surface area contributed by atoms with Crippen molar-refractivity contribution in [1.29, 1.82) is 0 Å². The molecular formula is CH7CaO4P. The van der Waals surface area contributed by atoms with Crippen LogP contribution in [-0.2, 0) is 9.09 Å². The van der Waals surface area contributed by atoms with Gasteiger partial charge in [-0.15, -0.1) is 0 Å². The van der Waals surface area contributed by atoms with Crippen molar-refractivity contribution in [2.75, 3.05) is 6.79 Å². The van der Waals surface area contributed by atoms with Gasteiger partial charge in [-0.3, -0.25) is 9.09 Å². The summed E-state index contributed by atoms with van der Waals surface area (Å²) in [6.07, 6.45) is 0. The minimum absolute atomic E-state index is 0. The van der Waals surface area contributed by atoms with Crippen LogP contribution in [0.5, 0.6) is 0 Å². The molecule has 0 radical (unpaired) electrons. The molecule has 0 aromatic rings. The van der Waals surface area contributed by atoms with Crippen molar-refractivity contribution in [3.05, 3.63) is 0 Å². The van der Waals surface area contributed by atoms with Gasteiger partial charge in [0.2, 0.25) is 0 Å². The molecule has 0 fully saturated rings. The molecule has 7 heavy (non-hydrogen) atoms. The third-order valence-electron chi connectivity index (χ3n) is 0.188. The van der Waals surface area contributed by atoms with Crippen molar-refractivity contribution in [2.24, 2.45) is 0 Å². The Kier molecular flexibility index (Phi) is 11.8. The SMILES string of the molecule is O=[PH](O)OCO.[CaH2]. The van der Waals surface area contributed by atoms with Crippen molar-refractivity contribution in [3.63, 3.8) is 0 Å². The minimum atomic E-state index is -2.89. The van der Waals surface area contributed by atoms with Crippen molar-refractivity contribution in [1.82, 2.24) is 0 Å². The molecule has 0 aromatic heterocycles. The van der Waals surface area contributed by atoms with Crippen LogP contribution in [0, 0.1) is 0 Å². The summed E-state index contributed by atoms with van der Waals surface area (Å²) in [5.41, 5.74) is 0. The third-order valence-corrected chi connectivity index (χ3v) is 0.564. The number of hydrogen-bond donors (Lipinski definition) is 2. The Labute approximate surface area is 71.4 Å². The second kappa shape index (κ2) is 7.37. The average molecular weight is 154 g/mol. The summed E-state index contributed by atoms with van der Waals surface area (Å²) in [5, 5.41) is 7.68. The van der Waals surface area contributed by atoms with Crippen LogP contribution in [0.4, 0.5) is 0 Å². The Bertz CT molecular complexity index is 55.7. The van der Waals surface area contributed by atoms with E-state index in [1.165, 1.54) is 0 Å². The first-order valence-electron chi connectivity index (χ1n) is 1.24. The van der Waals surface area contributed by atoms with Crippen molar-refractivity contribution >= 4 is 46.0 Å². The standard InChI is InChI=1S/CH5O4P.Ca.2H/c2-1-5-6(3)4;;;/h2,6H,1H2,(H,3,4);;;. The van der Waals surface area contributed by atoms with Gasteiger partial charge in [-0.25, -0.2) is 0 Å². The van der Waals surface area contributed by atoms with Gasteiger partial charge in [-0.1, -0.05) is 0 Å². The molecule has 1 atom stereocenters. The van der Waals surface area contributed by atoms with E-state index in [-0.39, 0.29) is 37.7 Å². The fourth-order valence-electron chi connectivity index (χ4n) is 0.0552. The molecule has 0 aliphatic carbocycles. The molecular weight excluding hydrogens is 147 g/mol. The quantitative estimate of drug-likeness (QED) is 0.286. The predicted octanol–water partition coefficient (Wildman–Crippen LogP) is -1.58. The number of aliphatic hydroxyl groups is 1. The summed E-state index contributed by atoms with van der Waals surface area (Å²) in [7, 11) is -2.89. The summed E-state index contributed by atoms with van der Waals surface area (Å²) in [6.45, 7) is -0.686. The van der Waals surface area contributed by atoms with Gasteiger partial charge in [-0.2, -0.15) is 0 Å². The fraction of sp³-hybridized carbons (Fsp3) is 1.00. The molecule has 0 rings (SSSR count). The third kappa shape index (κ3) is 11.1. The Hall–Kier alpha value is 1.37. The Morgan fingerprint density at radius 2 is 2.14 bits per heavy atom. The van der Waals surface area contributed by atoms with Gasteiger partial charge >= 0.3 is 46.0 Å². The second-order valence-electron chi connectivity index (χ2n) is 0.539. The van der Waals surface area contributed by atoms with Crippen LogP contribution in [0.15, 0.2) is 0 Å². The predicted molar refractivity (Wildman–Crippen MR) is 27.9 cm³/mol. The Balaban J connectivity index is 0. The molecule has 0 saturated heterocycles. The molecule has 0 bridgehead atoms. The molecule has 6 heteroatoms. The van der Waals surface area contributed by atoms with E-state index < -0.39 is 15.0 Å². The zero-order valence-corrected chi connectivity index (χ0v) is 3.92. The van der Waals surface area contributed by atoms with Gasteiger partial charge in [0.05, 0.1) is 0 Å². The van der Waals surface area contributed by atoms with Gasteiger partial charge in [-0.05, 0) is 0 Å². The van der Waals surface area contributed by atoms with Crippen LogP contribution < -0.4 is 0 Å². The normalized spacial score (nSPS) is 12.3. The van der Waals surface area contributed by atoms with E-state index in [2.05, 4.69) is 4.52 Å². The second-order valence-corrected chi connectivity index (χ2v) is 1.36. The first-order chi connectivity index (χ1) is 2.77.